The van der Waals surface area contributed by atoms with Crippen molar-refractivity contribution in [3.8, 4) is 5.75 Å². The normalized spacial score (nSPS) is 14.4. The molecule has 19 heavy (non-hydrogen) atoms. The van der Waals surface area contributed by atoms with E-state index in [4.69, 9.17) is 4.74 Å². The predicted molar refractivity (Wildman–Crippen MR) is 82.7 cm³/mol. The Morgan fingerprint density at radius 2 is 1.68 bits per heavy atom. The maximum absolute atomic E-state index is 5.93. The molecule has 0 heterocycles. The van der Waals surface area contributed by atoms with Gasteiger partial charge < -0.3 is 10.1 Å². The zero-order chi connectivity index (χ0) is 14.3. The van der Waals surface area contributed by atoms with Crippen molar-refractivity contribution in [1.82, 2.24) is 5.32 Å². The van der Waals surface area contributed by atoms with E-state index in [1.54, 1.807) is 0 Å². The summed E-state index contributed by atoms with van der Waals surface area (Å²) in [6, 6.07) is 8.98. The summed E-state index contributed by atoms with van der Waals surface area (Å²) in [5.41, 5.74) is 1.34. The van der Waals surface area contributed by atoms with Crippen molar-refractivity contribution in [2.45, 2.75) is 59.6 Å². The Hall–Kier alpha value is -1.02. The summed E-state index contributed by atoms with van der Waals surface area (Å²) in [6.07, 6.45) is 2.48. The number of ether oxygens (including phenoxy) is 1. The van der Waals surface area contributed by atoms with Crippen LogP contribution in [0.3, 0.4) is 0 Å². The van der Waals surface area contributed by atoms with Gasteiger partial charge >= 0.3 is 0 Å². The molecule has 0 aliphatic carbocycles. The first-order chi connectivity index (χ1) is 9.06. The number of nitrogens with one attached hydrogen (secondary N) is 1. The average molecular weight is 263 g/mol. The van der Waals surface area contributed by atoms with E-state index < -0.39 is 0 Å². The molecule has 0 fully saturated rings. The Morgan fingerprint density at radius 1 is 1.05 bits per heavy atom. The van der Waals surface area contributed by atoms with E-state index in [1.807, 2.05) is 0 Å². The molecule has 1 aromatic rings. The topological polar surface area (TPSA) is 21.3 Å². The summed E-state index contributed by atoms with van der Waals surface area (Å²) in [7, 11) is 0. The number of benzene rings is 1. The third-order valence-electron chi connectivity index (χ3n) is 3.28. The van der Waals surface area contributed by atoms with Crippen LogP contribution >= 0.6 is 0 Å². The molecule has 0 radical (unpaired) electrons. The lowest BCUT2D eigenvalue weighted by Gasteiger charge is -2.19. The van der Waals surface area contributed by atoms with Gasteiger partial charge in [0.1, 0.15) is 5.75 Å². The number of hydrogen-bond donors (Lipinski definition) is 1. The molecule has 0 aliphatic rings. The second-order valence-corrected chi connectivity index (χ2v) is 5.65. The number of hydrogen-bond acceptors (Lipinski definition) is 2. The molecule has 108 valence electrons. The Bertz CT molecular complexity index is 345. The Balaban J connectivity index is 2.60. The third-order valence-corrected chi connectivity index (χ3v) is 3.28. The lowest BCUT2D eigenvalue weighted by Crippen LogP contribution is -2.20. The van der Waals surface area contributed by atoms with Crippen molar-refractivity contribution in [2.75, 3.05) is 6.54 Å². The van der Waals surface area contributed by atoms with E-state index in [-0.39, 0.29) is 6.10 Å². The van der Waals surface area contributed by atoms with Crippen LogP contribution in [0.4, 0.5) is 0 Å². The van der Waals surface area contributed by atoms with Crippen molar-refractivity contribution in [2.24, 2.45) is 5.92 Å². The van der Waals surface area contributed by atoms with Crippen LogP contribution in [-0.4, -0.2) is 12.6 Å². The van der Waals surface area contributed by atoms with Gasteiger partial charge in [-0.3, -0.25) is 0 Å². The van der Waals surface area contributed by atoms with Gasteiger partial charge in [0.15, 0.2) is 0 Å². The molecule has 0 aliphatic heterocycles. The van der Waals surface area contributed by atoms with Crippen LogP contribution in [0, 0.1) is 5.92 Å². The van der Waals surface area contributed by atoms with Crippen molar-refractivity contribution in [1.29, 1.82) is 0 Å². The molecule has 1 N–H and O–H groups in total. The van der Waals surface area contributed by atoms with E-state index in [0.29, 0.717) is 12.0 Å². The zero-order valence-corrected chi connectivity index (χ0v) is 13.1. The largest absolute Gasteiger partial charge is 0.491 e. The molecule has 2 heteroatoms. The van der Waals surface area contributed by atoms with Crippen LogP contribution in [0.2, 0.25) is 0 Å². The summed E-state index contributed by atoms with van der Waals surface area (Å²) in [5.74, 6) is 1.65. The van der Waals surface area contributed by atoms with Gasteiger partial charge in [-0.2, -0.15) is 0 Å². The second-order valence-electron chi connectivity index (χ2n) is 5.65. The maximum Gasteiger partial charge on any atom is 0.119 e. The number of rotatable bonds is 8. The standard InChI is InChI=1S/C17H29NO/c1-6-17(18-7-2)15-8-10-16(11-9-15)19-14(5)12-13(3)4/h8-11,13-14,17-18H,6-7,12H2,1-5H3. The van der Waals surface area contributed by atoms with Gasteiger partial charge in [-0.25, -0.2) is 0 Å². The second kappa shape index (κ2) is 8.21. The summed E-state index contributed by atoms with van der Waals surface area (Å²) in [5, 5.41) is 3.49. The third kappa shape index (κ3) is 5.65. The monoisotopic (exact) mass is 263 g/mol. The molecule has 0 amide bonds. The van der Waals surface area contributed by atoms with E-state index in [0.717, 1.165) is 25.1 Å². The minimum absolute atomic E-state index is 0.279. The van der Waals surface area contributed by atoms with Crippen LogP contribution in [-0.2, 0) is 0 Å². The van der Waals surface area contributed by atoms with Crippen molar-refractivity contribution in [3.63, 3.8) is 0 Å². The highest BCUT2D eigenvalue weighted by Crippen LogP contribution is 2.21. The van der Waals surface area contributed by atoms with Crippen molar-refractivity contribution < 1.29 is 4.74 Å². The summed E-state index contributed by atoms with van der Waals surface area (Å²) in [6.45, 7) is 12.0. The first-order valence-electron chi connectivity index (χ1n) is 7.56. The molecule has 2 nitrogen and oxygen atoms in total. The van der Waals surface area contributed by atoms with Crippen LogP contribution in [0.25, 0.3) is 0 Å². The van der Waals surface area contributed by atoms with E-state index in [1.165, 1.54) is 5.56 Å². The molecule has 0 saturated heterocycles. The van der Waals surface area contributed by atoms with Gasteiger partial charge in [0.25, 0.3) is 0 Å². The van der Waals surface area contributed by atoms with E-state index in [2.05, 4.69) is 64.2 Å². The van der Waals surface area contributed by atoms with Crippen molar-refractivity contribution in [3.05, 3.63) is 29.8 Å². The van der Waals surface area contributed by atoms with Gasteiger partial charge in [-0.05, 0) is 49.9 Å². The first-order valence-corrected chi connectivity index (χ1v) is 7.56. The zero-order valence-electron chi connectivity index (χ0n) is 13.1. The summed E-state index contributed by atoms with van der Waals surface area (Å²) >= 11 is 0. The minimum atomic E-state index is 0.279. The first kappa shape index (κ1) is 16.0. The minimum Gasteiger partial charge on any atom is -0.491 e. The lowest BCUT2D eigenvalue weighted by atomic mass is 10.0. The Kier molecular flexibility index (Phi) is 6.93. The average Bonchev–Trinajstić information content (AvgIpc) is 2.36. The molecule has 0 aromatic heterocycles. The van der Waals surface area contributed by atoms with Crippen LogP contribution in [0.1, 0.15) is 59.1 Å². The fourth-order valence-electron chi connectivity index (χ4n) is 2.47. The summed E-state index contributed by atoms with van der Waals surface area (Å²) < 4.78 is 5.93. The lowest BCUT2D eigenvalue weighted by molar-refractivity contribution is 0.193. The predicted octanol–water partition coefficient (Wildman–Crippen LogP) is 4.56. The molecule has 1 aromatic carbocycles. The molecule has 2 unspecified atom stereocenters. The van der Waals surface area contributed by atoms with E-state index in [9.17, 15) is 0 Å². The van der Waals surface area contributed by atoms with Crippen LogP contribution in [0.15, 0.2) is 24.3 Å². The van der Waals surface area contributed by atoms with Gasteiger partial charge in [0.2, 0.25) is 0 Å². The fourth-order valence-corrected chi connectivity index (χ4v) is 2.47. The molecule has 0 saturated carbocycles. The molecule has 0 spiro atoms. The Morgan fingerprint density at radius 3 is 2.16 bits per heavy atom. The smallest absolute Gasteiger partial charge is 0.119 e. The Labute approximate surface area is 118 Å². The maximum atomic E-state index is 5.93. The molecule has 0 bridgehead atoms. The van der Waals surface area contributed by atoms with Gasteiger partial charge in [-0.15, -0.1) is 0 Å². The molecular weight excluding hydrogens is 234 g/mol. The van der Waals surface area contributed by atoms with Gasteiger partial charge in [0, 0.05) is 6.04 Å². The molecule has 1 rings (SSSR count). The highest BCUT2D eigenvalue weighted by Gasteiger charge is 2.09. The van der Waals surface area contributed by atoms with E-state index >= 15 is 0 Å². The quantitative estimate of drug-likeness (QED) is 0.742. The van der Waals surface area contributed by atoms with Gasteiger partial charge in [0.05, 0.1) is 6.10 Å². The highest BCUT2D eigenvalue weighted by atomic mass is 16.5. The fraction of sp³-hybridized carbons (Fsp3) is 0.647. The van der Waals surface area contributed by atoms with Gasteiger partial charge in [-0.1, -0.05) is 39.8 Å². The van der Waals surface area contributed by atoms with Crippen LogP contribution < -0.4 is 10.1 Å². The molecule has 2 atom stereocenters. The molecular formula is C17H29NO. The summed E-state index contributed by atoms with van der Waals surface area (Å²) in [4.78, 5) is 0. The van der Waals surface area contributed by atoms with Crippen LogP contribution in [0.5, 0.6) is 5.75 Å². The highest BCUT2D eigenvalue weighted by molar-refractivity contribution is 5.29. The van der Waals surface area contributed by atoms with Crippen molar-refractivity contribution >= 4 is 0 Å². The SMILES string of the molecule is CCNC(CC)c1ccc(OC(C)CC(C)C)cc1.